The van der Waals surface area contributed by atoms with E-state index in [-0.39, 0.29) is 10.4 Å². The zero-order chi connectivity index (χ0) is 10.7. The lowest BCUT2D eigenvalue weighted by Gasteiger charge is -1.99. The van der Waals surface area contributed by atoms with Crippen LogP contribution in [-0.2, 0) is 6.54 Å². The van der Waals surface area contributed by atoms with Crippen LogP contribution in [0.25, 0.3) is 0 Å². The smallest absolute Gasteiger partial charge is 0.239 e. The summed E-state index contributed by atoms with van der Waals surface area (Å²) in [5, 5.41) is 4.36. The first-order chi connectivity index (χ1) is 6.54. The molecule has 0 amide bonds. The van der Waals surface area contributed by atoms with Crippen molar-refractivity contribution in [1.82, 2.24) is 9.78 Å². The lowest BCUT2D eigenvalue weighted by molar-refractivity contribution is 0.108. The van der Waals surface area contributed by atoms with Gasteiger partial charge in [-0.3, -0.25) is 4.79 Å². The molecule has 5 heteroatoms. The average Bonchev–Trinajstić information content (AvgIpc) is 2.45. The summed E-state index contributed by atoms with van der Waals surface area (Å²) in [6.07, 6.45) is 0. The third-order valence-corrected chi connectivity index (χ3v) is 2.56. The van der Waals surface area contributed by atoms with Crippen LogP contribution in [0.5, 0.6) is 0 Å². The molecule has 0 atom stereocenters. The summed E-state index contributed by atoms with van der Waals surface area (Å²) in [6, 6.07) is 1.63. The van der Waals surface area contributed by atoms with Crippen molar-refractivity contribution in [2.24, 2.45) is 0 Å². The fourth-order valence-electron chi connectivity index (χ4n) is 1.06. The van der Waals surface area contributed by atoms with Gasteiger partial charge in [-0.05, 0) is 6.92 Å². The average molecular weight is 213 g/mol. The maximum absolute atomic E-state index is 11.6. The highest BCUT2D eigenvalue weighted by Gasteiger charge is 2.13. The van der Waals surface area contributed by atoms with Crippen LogP contribution in [0.15, 0.2) is 6.07 Å². The molecule has 1 aromatic heterocycles. The van der Waals surface area contributed by atoms with Gasteiger partial charge in [0.25, 0.3) is 0 Å². The van der Waals surface area contributed by atoms with Crippen molar-refractivity contribution in [2.45, 2.75) is 32.6 Å². The first-order valence-corrected chi connectivity index (χ1v) is 5.46. The van der Waals surface area contributed by atoms with E-state index in [4.69, 9.17) is 5.73 Å². The van der Waals surface area contributed by atoms with E-state index < -0.39 is 0 Å². The van der Waals surface area contributed by atoms with E-state index in [0.29, 0.717) is 18.1 Å². The van der Waals surface area contributed by atoms with E-state index in [1.807, 2.05) is 20.8 Å². The Bertz CT molecular complexity index is 333. The minimum Gasteiger partial charge on any atom is -0.384 e. The van der Waals surface area contributed by atoms with Gasteiger partial charge in [0.1, 0.15) is 11.5 Å². The Balaban J connectivity index is 2.80. The predicted octanol–water partition coefficient (Wildman–Crippen LogP) is 1.77. The second-order valence-electron chi connectivity index (χ2n) is 3.22. The molecule has 0 saturated heterocycles. The van der Waals surface area contributed by atoms with E-state index in [9.17, 15) is 4.79 Å². The van der Waals surface area contributed by atoms with Gasteiger partial charge in [0.15, 0.2) is 0 Å². The van der Waals surface area contributed by atoms with Crippen LogP contribution >= 0.6 is 11.8 Å². The third-order valence-electron chi connectivity index (χ3n) is 1.66. The maximum atomic E-state index is 11.6. The predicted molar refractivity (Wildman–Crippen MR) is 59.4 cm³/mol. The number of nitrogens with zero attached hydrogens (tertiary/aromatic N) is 2. The van der Waals surface area contributed by atoms with Crippen molar-refractivity contribution in [2.75, 3.05) is 5.73 Å². The van der Waals surface area contributed by atoms with E-state index in [1.54, 1.807) is 10.7 Å². The number of aryl methyl sites for hydroxylation is 1. The minimum absolute atomic E-state index is 0.0149. The quantitative estimate of drug-likeness (QED) is 0.831. The molecule has 1 heterocycles. The number of hydrogen-bond acceptors (Lipinski definition) is 4. The molecule has 4 nitrogen and oxygen atoms in total. The SMILES string of the molecule is CCn1nc(C(=O)SC(C)C)cc1N. The molecule has 0 fully saturated rings. The molecule has 1 rings (SSSR count). The Hall–Kier alpha value is -0.970. The summed E-state index contributed by atoms with van der Waals surface area (Å²) in [6.45, 7) is 6.57. The number of aromatic nitrogens is 2. The van der Waals surface area contributed by atoms with Crippen LogP contribution in [0.2, 0.25) is 0 Å². The van der Waals surface area contributed by atoms with Gasteiger partial charge in [-0.15, -0.1) is 0 Å². The van der Waals surface area contributed by atoms with Gasteiger partial charge < -0.3 is 5.73 Å². The van der Waals surface area contributed by atoms with Crippen LogP contribution in [0, 0.1) is 0 Å². The van der Waals surface area contributed by atoms with Gasteiger partial charge in [0.05, 0.1) is 0 Å². The fraction of sp³-hybridized carbons (Fsp3) is 0.556. The van der Waals surface area contributed by atoms with E-state index >= 15 is 0 Å². The number of carbonyl (C=O) groups excluding carboxylic acids is 1. The second-order valence-corrected chi connectivity index (χ2v) is 4.77. The van der Waals surface area contributed by atoms with Crippen molar-refractivity contribution in [3.05, 3.63) is 11.8 Å². The van der Waals surface area contributed by atoms with Crippen LogP contribution in [0.1, 0.15) is 31.3 Å². The molecule has 0 unspecified atom stereocenters. The maximum Gasteiger partial charge on any atom is 0.239 e. The third kappa shape index (κ3) is 2.51. The highest BCUT2D eigenvalue weighted by atomic mass is 32.2. The number of anilines is 1. The summed E-state index contributed by atoms with van der Waals surface area (Å²) in [4.78, 5) is 11.6. The van der Waals surface area contributed by atoms with Crippen molar-refractivity contribution in [1.29, 1.82) is 0 Å². The monoisotopic (exact) mass is 213 g/mol. The van der Waals surface area contributed by atoms with Crippen molar-refractivity contribution in [3.8, 4) is 0 Å². The van der Waals surface area contributed by atoms with Crippen molar-refractivity contribution < 1.29 is 4.79 Å². The first kappa shape index (κ1) is 11.1. The Kier molecular flexibility index (Phi) is 3.57. The van der Waals surface area contributed by atoms with Crippen molar-refractivity contribution in [3.63, 3.8) is 0 Å². The van der Waals surface area contributed by atoms with E-state index in [1.165, 1.54) is 11.8 Å². The normalized spacial score (nSPS) is 10.9. The Morgan fingerprint density at radius 3 is 2.79 bits per heavy atom. The zero-order valence-electron chi connectivity index (χ0n) is 8.65. The lowest BCUT2D eigenvalue weighted by Crippen LogP contribution is -2.04. The van der Waals surface area contributed by atoms with Gasteiger partial charge >= 0.3 is 0 Å². The molecular weight excluding hydrogens is 198 g/mol. The first-order valence-electron chi connectivity index (χ1n) is 4.59. The Morgan fingerprint density at radius 1 is 1.71 bits per heavy atom. The van der Waals surface area contributed by atoms with E-state index in [2.05, 4.69) is 5.10 Å². The fourth-order valence-corrected chi connectivity index (χ4v) is 1.71. The number of rotatable bonds is 3. The largest absolute Gasteiger partial charge is 0.384 e. The van der Waals surface area contributed by atoms with Crippen molar-refractivity contribution >= 4 is 22.7 Å². The molecule has 2 N–H and O–H groups in total. The van der Waals surface area contributed by atoms with Crippen LogP contribution in [0.3, 0.4) is 0 Å². The molecule has 0 aliphatic rings. The summed E-state index contributed by atoms with van der Waals surface area (Å²) < 4.78 is 1.62. The standard InChI is InChI=1S/C9H15N3OS/c1-4-12-8(10)5-7(11-12)9(13)14-6(2)3/h5-6H,4,10H2,1-3H3. The Labute approximate surface area is 87.9 Å². The molecule has 0 aliphatic heterocycles. The molecule has 0 bridgehead atoms. The summed E-state index contributed by atoms with van der Waals surface area (Å²) in [5.74, 6) is 0.542. The molecule has 14 heavy (non-hydrogen) atoms. The van der Waals surface area contributed by atoms with Crippen LogP contribution in [-0.4, -0.2) is 20.1 Å². The molecule has 0 saturated carbocycles. The lowest BCUT2D eigenvalue weighted by atomic mass is 10.4. The van der Waals surface area contributed by atoms with Gasteiger partial charge in [-0.1, -0.05) is 25.6 Å². The molecule has 78 valence electrons. The topological polar surface area (TPSA) is 60.9 Å². The summed E-state index contributed by atoms with van der Waals surface area (Å²) >= 11 is 1.27. The second kappa shape index (κ2) is 4.50. The number of thioether (sulfide) groups is 1. The zero-order valence-corrected chi connectivity index (χ0v) is 9.47. The van der Waals surface area contributed by atoms with Crippen LogP contribution in [0.4, 0.5) is 5.82 Å². The summed E-state index contributed by atoms with van der Waals surface area (Å²) in [7, 11) is 0. The van der Waals surface area contributed by atoms with Gasteiger partial charge in [0, 0.05) is 17.9 Å². The molecule has 0 spiro atoms. The number of carbonyl (C=O) groups is 1. The highest BCUT2D eigenvalue weighted by molar-refractivity contribution is 8.14. The van der Waals surface area contributed by atoms with E-state index in [0.717, 1.165) is 0 Å². The molecule has 1 aromatic rings. The van der Waals surface area contributed by atoms with Gasteiger partial charge in [-0.2, -0.15) is 5.10 Å². The number of hydrogen-bond donors (Lipinski definition) is 1. The molecule has 0 aliphatic carbocycles. The minimum atomic E-state index is -0.0149. The van der Waals surface area contributed by atoms with Crippen LogP contribution < -0.4 is 5.73 Å². The Morgan fingerprint density at radius 2 is 2.36 bits per heavy atom. The number of nitrogens with two attached hydrogens (primary N) is 1. The van der Waals surface area contributed by atoms with Gasteiger partial charge in [0.2, 0.25) is 5.12 Å². The summed E-state index contributed by atoms with van der Waals surface area (Å²) in [5.41, 5.74) is 6.11. The molecular formula is C9H15N3OS. The molecule has 0 radical (unpaired) electrons. The molecule has 0 aromatic carbocycles. The highest BCUT2D eigenvalue weighted by Crippen LogP contribution is 2.17. The van der Waals surface area contributed by atoms with Gasteiger partial charge in [-0.25, -0.2) is 4.68 Å². The number of nitrogen functional groups attached to an aromatic ring is 1.